The van der Waals surface area contributed by atoms with Crippen molar-refractivity contribution in [2.45, 2.75) is 135 Å². The molecule has 0 radical (unpaired) electrons. The standard InChI is InChI=1S/2C20H19F2N5O2.C16H28N2O4.ClH.H2O/c2*21-11-5-12-13(7-24-17(12)23-6-11)18-25-8-14(22)19(27-18)26-16-10-3-1-9(2-4-10)15(16)20(28)29;1-5-12(6-2)22-14-9-11(16(20)21-7-3)8-13(17)15(14)18-10(4)19;;/h2*5-10,15-16H,1-4H2,(H,23,24)(H,28,29)(H,25,26,27);9,12-15H,5-8,17H2,1-4H3,(H,18,19);1H;1H2/t2*9?,10?,15-,16-;13-,14+,15+;;/m000../s1. The summed E-state index contributed by atoms with van der Waals surface area (Å²) >= 11 is 0. The maximum atomic E-state index is 14.5. The summed E-state index contributed by atoms with van der Waals surface area (Å²) in [5.74, 6) is -4.76. The molecular formula is C56H69ClF4N12O9. The molecule has 7 atom stereocenters. The average Bonchev–Trinajstić information content (AvgIpc) is 3.63. The van der Waals surface area contributed by atoms with E-state index in [1.807, 2.05) is 13.8 Å². The van der Waals surface area contributed by atoms with Crippen molar-refractivity contribution in [2.24, 2.45) is 41.2 Å². The van der Waals surface area contributed by atoms with Gasteiger partial charge in [0.2, 0.25) is 5.91 Å². The first-order chi connectivity index (χ1) is 38.4. The summed E-state index contributed by atoms with van der Waals surface area (Å²) in [4.78, 5) is 77.6. The number of ether oxygens (including phenoxy) is 2. The normalized spacial score (nSPS) is 25.0. The molecule has 6 fully saturated rings. The third-order valence-electron chi connectivity index (χ3n) is 16.4. The lowest BCUT2D eigenvalue weighted by molar-refractivity contribution is -0.149. The van der Waals surface area contributed by atoms with Crippen LogP contribution in [0, 0.1) is 58.8 Å². The Hall–Kier alpha value is -7.35. The Balaban J connectivity index is 0.000000177. The number of carboxylic acid groups (broad SMARTS) is 2. The van der Waals surface area contributed by atoms with Gasteiger partial charge in [-0.1, -0.05) is 13.8 Å². The number of halogens is 5. The largest absolute Gasteiger partial charge is 0.481 e. The number of pyridine rings is 2. The molecule has 6 aromatic heterocycles. The van der Waals surface area contributed by atoms with Crippen molar-refractivity contribution in [2.75, 3.05) is 17.2 Å². The number of H-pyrrole nitrogens is 2. The summed E-state index contributed by atoms with van der Waals surface area (Å²) in [6, 6.07) is 1.16. The molecule has 1 amide bonds. The van der Waals surface area contributed by atoms with Gasteiger partial charge in [0.05, 0.1) is 61.5 Å². The quantitative estimate of drug-likeness (QED) is 0.0356. The van der Waals surface area contributed by atoms with Gasteiger partial charge in [-0.15, -0.1) is 12.4 Å². The Kier molecular flexibility index (Phi) is 20.6. The summed E-state index contributed by atoms with van der Waals surface area (Å²) in [5, 5.41) is 29.4. The summed E-state index contributed by atoms with van der Waals surface area (Å²) in [6.07, 6.45) is 18.3. The highest BCUT2D eigenvalue weighted by molar-refractivity contribution is 5.93. The molecule has 26 heteroatoms. The number of nitrogens with zero attached hydrogens (tertiary/aromatic N) is 6. The predicted molar refractivity (Wildman–Crippen MR) is 297 cm³/mol. The van der Waals surface area contributed by atoms with Crippen LogP contribution < -0.4 is 21.7 Å². The zero-order chi connectivity index (χ0) is 56.9. The zero-order valence-corrected chi connectivity index (χ0v) is 46.5. The number of carbonyl (C=O) groups is 4. The van der Waals surface area contributed by atoms with E-state index in [0.29, 0.717) is 51.8 Å². The summed E-state index contributed by atoms with van der Waals surface area (Å²) < 4.78 is 67.3. The van der Waals surface area contributed by atoms with E-state index in [1.54, 1.807) is 25.4 Å². The number of hydrogen-bond donors (Lipinski definition) is 8. The van der Waals surface area contributed by atoms with Crippen LogP contribution in [0.15, 0.2) is 61.0 Å². The fraction of sp³-hybridized carbons (Fsp3) is 0.500. The fourth-order valence-corrected chi connectivity index (χ4v) is 12.5. The van der Waals surface area contributed by atoms with Crippen molar-refractivity contribution in [1.29, 1.82) is 0 Å². The molecule has 0 saturated heterocycles. The lowest BCUT2D eigenvalue weighted by atomic mass is 9.61. The van der Waals surface area contributed by atoms with E-state index in [4.69, 9.17) is 15.2 Å². The first-order valence-corrected chi connectivity index (χ1v) is 27.3. The van der Waals surface area contributed by atoms with Crippen molar-refractivity contribution < 1.29 is 61.9 Å². The van der Waals surface area contributed by atoms with E-state index in [1.165, 1.54) is 19.1 Å². The fourth-order valence-electron chi connectivity index (χ4n) is 12.5. The van der Waals surface area contributed by atoms with Crippen LogP contribution in [0.1, 0.15) is 98.3 Å². The number of carbonyl (C=O) groups excluding carboxylic acids is 2. The number of anilines is 2. The topological polar surface area (TPSA) is 330 Å². The van der Waals surface area contributed by atoms with Gasteiger partial charge in [0.15, 0.2) is 34.9 Å². The molecule has 0 aliphatic heterocycles. The average molecular weight is 1170 g/mol. The van der Waals surface area contributed by atoms with Crippen molar-refractivity contribution in [3.63, 3.8) is 0 Å². The minimum absolute atomic E-state index is 0. The summed E-state index contributed by atoms with van der Waals surface area (Å²) in [5.41, 5.74) is 8.61. The van der Waals surface area contributed by atoms with Crippen LogP contribution >= 0.6 is 12.4 Å². The van der Waals surface area contributed by atoms with Gasteiger partial charge in [-0.3, -0.25) is 14.4 Å². The van der Waals surface area contributed by atoms with E-state index in [0.717, 1.165) is 89.0 Å². The van der Waals surface area contributed by atoms with Crippen molar-refractivity contribution in [3.8, 4) is 22.8 Å². The second kappa shape index (κ2) is 27.2. The number of nitrogens with one attached hydrogen (secondary N) is 5. The van der Waals surface area contributed by atoms with E-state index < -0.39 is 53.1 Å². The van der Waals surface area contributed by atoms with Crippen LogP contribution in [0.2, 0.25) is 0 Å². The molecule has 0 spiro atoms. The number of amides is 1. The molecule has 4 bridgehead atoms. The number of rotatable bonds is 15. The van der Waals surface area contributed by atoms with Gasteiger partial charge in [0.25, 0.3) is 0 Å². The second-order valence-electron chi connectivity index (χ2n) is 21.2. The van der Waals surface area contributed by atoms with Crippen LogP contribution in [0.4, 0.5) is 29.2 Å². The Morgan fingerprint density at radius 1 is 0.683 bits per heavy atom. The minimum atomic E-state index is -0.857. The van der Waals surface area contributed by atoms with Crippen LogP contribution in [0.5, 0.6) is 0 Å². The summed E-state index contributed by atoms with van der Waals surface area (Å²) in [7, 11) is 0. The monoisotopic (exact) mass is 1160 g/mol. The molecule has 0 aromatic carbocycles. The van der Waals surface area contributed by atoms with Gasteiger partial charge < -0.3 is 56.8 Å². The molecule has 7 aliphatic rings. The van der Waals surface area contributed by atoms with Crippen molar-refractivity contribution in [1.82, 2.24) is 45.2 Å². The summed E-state index contributed by atoms with van der Waals surface area (Å²) in [6.45, 7) is 7.62. The maximum Gasteiger partial charge on any atom is 0.333 e. The molecule has 442 valence electrons. The highest BCUT2D eigenvalue weighted by Crippen LogP contribution is 2.48. The maximum absolute atomic E-state index is 14.5. The Bertz CT molecular complexity index is 3090. The first kappa shape index (κ1) is 62.3. The van der Waals surface area contributed by atoms with Crippen molar-refractivity contribution in [3.05, 3.63) is 84.2 Å². The number of aliphatic carboxylic acids is 2. The molecular weight excluding hydrogens is 1100 g/mol. The number of fused-ring (bicyclic) bond motifs is 8. The number of esters is 1. The minimum Gasteiger partial charge on any atom is -0.481 e. The third-order valence-corrected chi connectivity index (χ3v) is 16.4. The zero-order valence-electron chi connectivity index (χ0n) is 45.6. The van der Waals surface area contributed by atoms with Gasteiger partial charge in [-0.05, 0) is 119 Å². The van der Waals surface area contributed by atoms with Crippen LogP contribution in [0.25, 0.3) is 44.8 Å². The van der Waals surface area contributed by atoms with E-state index in [2.05, 4.69) is 55.8 Å². The van der Waals surface area contributed by atoms with Gasteiger partial charge in [-0.2, -0.15) is 0 Å². The molecule has 6 saturated carbocycles. The van der Waals surface area contributed by atoms with Crippen LogP contribution in [-0.2, 0) is 28.7 Å². The highest BCUT2D eigenvalue weighted by Gasteiger charge is 2.49. The highest BCUT2D eigenvalue weighted by atomic mass is 35.5. The predicted octanol–water partition coefficient (Wildman–Crippen LogP) is 8.08. The van der Waals surface area contributed by atoms with E-state index in [9.17, 15) is 47.0 Å². The van der Waals surface area contributed by atoms with Crippen LogP contribution in [-0.4, -0.2) is 122 Å². The van der Waals surface area contributed by atoms with Gasteiger partial charge in [-0.25, -0.2) is 52.3 Å². The van der Waals surface area contributed by atoms with Gasteiger partial charge >= 0.3 is 17.9 Å². The Morgan fingerprint density at radius 3 is 1.52 bits per heavy atom. The molecule has 13 rings (SSSR count). The molecule has 0 unspecified atom stereocenters. The molecule has 7 aliphatic carbocycles. The number of aromatic amines is 2. The number of aromatic nitrogens is 8. The van der Waals surface area contributed by atoms with Crippen LogP contribution in [0.3, 0.4) is 0 Å². The van der Waals surface area contributed by atoms with Gasteiger partial charge in [0, 0.05) is 64.9 Å². The smallest absolute Gasteiger partial charge is 0.333 e. The Labute approximate surface area is 475 Å². The molecule has 6 heterocycles. The molecule has 82 heavy (non-hydrogen) atoms. The number of hydrogen-bond acceptors (Lipinski definition) is 15. The molecule has 11 N–H and O–H groups in total. The third kappa shape index (κ3) is 13.6. The second-order valence-corrected chi connectivity index (χ2v) is 21.2. The number of nitrogens with two attached hydrogens (primary N) is 1. The number of carboxylic acids is 2. The van der Waals surface area contributed by atoms with Gasteiger partial charge in [0.1, 0.15) is 22.9 Å². The molecule has 21 nitrogen and oxygen atoms in total. The van der Waals surface area contributed by atoms with E-state index >= 15 is 0 Å². The van der Waals surface area contributed by atoms with Crippen molar-refractivity contribution >= 4 is 69.9 Å². The van der Waals surface area contributed by atoms with E-state index in [-0.39, 0.29) is 107 Å². The SMILES string of the molecule is CCOC(=O)C1=C[C@@H](OC(CC)CC)[C@H](NC(C)=O)[C@@H](N)C1.Cl.O.O=C(O)[C@H]1C2CCC(CC2)[C@@H]1Nc1nc(-c2c[nH]c3ncc(F)cc23)ncc1F.O=C(O)[C@H]1C2CCC(CC2)[C@@H]1Nc1nc(-c2c[nH]c3ncc(F)cc23)ncc1F. The lowest BCUT2D eigenvalue weighted by Gasteiger charge is -2.47. The lowest BCUT2D eigenvalue weighted by Crippen LogP contribution is -2.57. The first-order valence-electron chi connectivity index (χ1n) is 27.3. The molecule has 6 aromatic rings. The Morgan fingerprint density at radius 2 is 1.12 bits per heavy atom.